The number of carbonyl (C=O) groups excluding carboxylic acids is 1. The van der Waals surface area contributed by atoms with Gasteiger partial charge in [0.2, 0.25) is 5.91 Å². The summed E-state index contributed by atoms with van der Waals surface area (Å²) < 4.78 is 5.22. The Balaban J connectivity index is 4.90. The Morgan fingerprint density at radius 1 is 1.10 bits per heavy atom. The fourth-order valence-electron chi connectivity index (χ4n) is 2.86. The van der Waals surface area contributed by atoms with Crippen LogP contribution in [0.2, 0.25) is 0 Å². The number of methoxy groups -OCH3 is 1. The maximum atomic E-state index is 12.4. The lowest BCUT2D eigenvalue weighted by molar-refractivity contribution is -0.132. The van der Waals surface area contributed by atoms with Gasteiger partial charge in [0.1, 0.15) is 0 Å². The van der Waals surface area contributed by atoms with Gasteiger partial charge in [0.15, 0.2) is 0 Å². The Labute approximate surface area is 130 Å². The van der Waals surface area contributed by atoms with Crippen molar-refractivity contribution in [1.29, 1.82) is 0 Å². The average Bonchev–Trinajstić information content (AvgIpc) is 2.50. The molecular weight excluding hydrogens is 266 g/mol. The van der Waals surface area contributed by atoms with Crippen LogP contribution in [-0.4, -0.2) is 67.7 Å². The standard InChI is InChI=1S/C16H35N3O2/c1-6-14(7-2)19(10-11-21-5)15(13-17)12-16(20)18(8-3)9-4/h14-15H,6-13,17H2,1-5H3. The van der Waals surface area contributed by atoms with E-state index in [1.807, 2.05) is 18.7 Å². The van der Waals surface area contributed by atoms with Gasteiger partial charge in [0, 0.05) is 51.8 Å². The molecule has 0 rings (SSSR count). The van der Waals surface area contributed by atoms with Crippen LogP contribution < -0.4 is 5.73 Å². The Morgan fingerprint density at radius 3 is 2.05 bits per heavy atom. The van der Waals surface area contributed by atoms with E-state index >= 15 is 0 Å². The van der Waals surface area contributed by atoms with Crippen molar-refractivity contribution in [1.82, 2.24) is 9.80 Å². The first-order valence-corrected chi connectivity index (χ1v) is 8.31. The molecule has 0 spiro atoms. The highest BCUT2D eigenvalue weighted by Crippen LogP contribution is 2.15. The first-order valence-electron chi connectivity index (χ1n) is 8.31. The van der Waals surface area contributed by atoms with Crippen LogP contribution in [0.25, 0.3) is 0 Å². The van der Waals surface area contributed by atoms with Gasteiger partial charge in [-0.3, -0.25) is 9.69 Å². The summed E-state index contributed by atoms with van der Waals surface area (Å²) in [5, 5.41) is 0. The molecule has 0 saturated carbocycles. The third-order valence-corrected chi connectivity index (χ3v) is 4.23. The third kappa shape index (κ3) is 6.76. The van der Waals surface area contributed by atoms with Crippen LogP contribution >= 0.6 is 0 Å². The Morgan fingerprint density at radius 2 is 1.67 bits per heavy atom. The summed E-state index contributed by atoms with van der Waals surface area (Å²) in [6.45, 7) is 11.9. The smallest absolute Gasteiger partial charge is 0.224 e. The second kappa shape index (κ2) is 12.0. The highest BCUT2D eigenvalue weighted by Gasteiger charge is 2.26. The Kier molecular flexibility index (Phi) is 11.6. The van der Waals surface area contributed by atoms with E-state index in [9.17, 15) is 4.79 Å². The van der Waals surface area contributed by atoms with Gasteiger partial charge < -0.3 is 15.4 Å². The van der Waals surface area contributed by atoms with Gasteiger partial charge in [-0.2, -0.15) is 0 Å². The maximum absolute atomic E-state index is 12.4. The Bertz CT molecular complexity index is 266. The summed E-state index contributed by atoms with van der Waals surface area (Å²) in [4.78, 5) is 16.6. The summed E-state index contributed by atoms with van der Waals surface area (Å²) >= 11 is 0. The molecule has 0 fully saturated rings. The van der Waals surface area contributed by atoms with E-state index in [-0.39, 0.29) is 11.9 Å². The van der Waals surface area contributed by atoms with Crippen LogP contribution in [0.1, 0.15) is 47.0 Å². The predicted octanol–water partition coefficient (Wildman–Crippen LogP) is 1.71. The van der Waals surface area contributed by atoms with Crippen molar-refractivity contribution in [2.24, 2.45) is 5.73 Å². The number of nitrogens with zero attached hydrogens (tertiary/aromatic N) is 2. The zero-order valence-corrected chi connectivity index (χ0v) is 14.6. The van der Waals surface area contributed by atoms with E-state index < -0.39 is 0 Å². The number of hydrogen-bond donors (Lipinski definition) is 1. The largest absolute Gasteiger partial charge is 0.383 e. The van der Waals surface area contributed by atoms with Crippen LogP contribution in [-0.2, 0) is 9.53 Å². The quantitative estimate of drug-likeness (QED) is 0.596. The lowest BCUT2D eigenvalue weighted by Crippen LogP contribution is -2.50. The fourth-order valence-corrected chi connectivity index (χ4v) is 2.86. The van der Waals surface area contributed by atoms with E-state index in [4.69, 9.17) is 10.5 Å². The van der Waals surface area contributed by atoms with Gasteiger partial charge in [-0.25, -0.2) is 0 Å². The first kappa shape index (κ1) is 20.3. The normalized spacial score (nSPS) is 13.0. The molecule has 1 atom stereocenters. The lowest BCUT2D eigenvalue weighted by atomic mass is 10.0. The van der Waals surface area contributed by atoms with E-state index in [0.29, 0.717) is 25.6 Å². The van der Waals surface area contributed by atoms with Crippen molar-refractivity contribution in [2.75, 3.05) is 39.9 Å². The topological polar surface area (TPSA) is 58.8 Å². The van der Waals surface area contributed by atoms with Crippen LogP contribution in [0.3, 0.4) is 0 Å². The molecule has 1 amide bonds. The summed E-state index contributed by atoms with van der Waals surface area (Å²) in [5.74, 6) is 0.198. The SMILES string of the molecule is CCC(CC)N(CCOC)C(CN)CC(=O)N(CC)CC. The molecule has 0 radical (unpaired) electrons. The van der Waals surface area contributed by atoms with Gasteiger partial charge in [0.05, 0.1) is 6.61 Å². The minimum absolute atomic E-state index is 0.0955. The van der Waals surface area contributed by atoms with Crippen LogP contribution in [0.4, 0.5) is 0 Å². The van der Waals surface area contributed by atoms with Crippen molar-refractivity contribution in [3.63, 3.8) is 0 Å². The number of nitrogens with two attached hydrogens (primary N) is 1. The molecule has 0 aliphatic heterocycles. The molecule has 1 unspecified atom stereocenters. The molecular formula is C16H35N3O2. The molecule has 0 saturated heterocycles. The molecule has 0 aromatic rings. The molecule has 0 aromatic heterocycles. The van der Waals surface area contributed by atoms with Gasteiger partial charge >= 0.3 is 0 Å². The molecule has 0 aromatic carbocycles. The number of rotatable bonds is 12. The third-order valence-electron chi connectivity index (χ3n) is 4.23. The molecule has 21 heavy (non-hydrogen) atoms. The number of hydrogen-bond acceptors (Lipinski definition) is 4. The monoisotopic (exact) mass is 301 g/mol. The molecule has 5 heteroatoms. The molecule has 5 nitrogen and oxygen atoms in total. The van der Waals surface area contributed by atoms with Gasteiger partial charge in [0.25, 0.3) is 0 Å². The predicted molar refractivity (Wildman–Crippen MR) is 88.3 cm³/mol. The summed E-state index contributed by atoms with van der Waals surface area (Å²) in [6.07, 6.45) is 2.63. The lowest BCUT2D eigenvalue weighted by Gasteiger charge is -2.37. The van der Waals surface area contributed by atoms with E-state index in [1.54, 1.807) is 7.11 Å². The average molecular weight is 301 g/mol. The minimum Gasteiger partial charge on any atom is -0.383 e. The highest BCUT2D eigenvalue weighted by atomic mass is 16.5. The van der Waals surface area contributed by atoms with Crippen molar-refractivity contribution in [3.05, 3.63) is 0 Å². The van der Waals surface area contributed by atoms with Crippen molar-refractivity contribution in [2.45, 2.75) is 59.0 Å². The van der Waals surface area contributed by atoms with Crippen LogP contribution in [0.5, 0.6) is 0 Å². The summed E-state index contributed by atoms with van der Waals surface area (Å²) in [7, 11) is 1.71. The molecule has 2 N–H and O–H groups in total. The molecule has 0 heterocycles. The van der Waals surface area contributed by atoms with E-state index in [2.05, 4.69) is 18.7 Å². The van der Waals surface area contributed by atoms with E-state index in [0.717, 1.165) is 32.5 Å². The molecule has 0 aliphatic carbocycles. The van der Waals surface area contributed by atoms with E-state index in [1.165, 1.54) is 0 Å². The zero-order chi connectivity index (χ0) is 16.3. The zero-order valence-electron chi connectivity index (χ0n) is 14.6. The Hall–Kier alpha value is -0.650. The van der Waals surface area contributed by atoms with Crippen molar-refractivity contribution >= 4 is 5.91 Å². The highest BCUT2D eigenvalue weighted by molar-refractivity contribution is 5.76. The molecule has 0 aliphatic rings. The molecule has 126 valence electrons. The number of carbonyl (C=O) groups is 1. The number of ether oxygens (including phenoxy) is 1. The number of amides is 1. The van der Waals surface area contributed by atoms with Crippen LogP contribution in [0, 0.1) is 0 Å². The summed E-state index contributed by atoms with van der Waals surface area (Å²) in [6, 6.07) is 0.552. The van der Waals surface area contributed by atoms with Gasteiger partial charge in [-0.1, -0.05) is 13.8 Å². The maximum Gasteiger partial charge on any atom is 0.224 e. The fraction of sp³-hybridized carbons (Fsp3) is 0.938. The summed E-state index contributed by atoms with van der Waals surface area (Å²) in [5.41, 5.74) is 5.97. The van der Waals surface area contributed by atoms with Crippen LogP contribution in [0.15, 0.2) is 0 Å². The van der Waals surface area contributed by atoms with Crippen molar-refractivity contribution in [3.8, 4) is 0 Å². The minimum atomic E-state index is 0.0955. The first-order chi connectivity index (χ1) is 10.1. The molecule has 0 bridgehead atoms. The van der Waals surface area contributed by atoms with Crippen molar-refractivity contribution < 1.29 is 9.53 Å². The second-order valence-corrected chi connectivity index (χ2v) is 5.36. The second-order valence-electron chi connectivity index (χ2n) is 5.36. The van der Waals surface area contributed by atoms with Gasteiger partial charge in [-0.15, -0.1) is 0 Å². The van der Waals surface area contributed by atoms with Gasteiger partial charge in [-0.05, 0) is 26.7 Å².